The summed E-state index contributed by atoms with van der Waals surface area (Å²) >= 11 is 0. The van der Waals surface area contributed by atoms with Crippen molar-refractivity contribution in [1.29, 1.82) is 0 Å². The summed E-state index contributed by atoms with van der Waals surface area (Å²) in [4.78, 5) is 0. The zero-order chi connectivity index (χ0) is 6.41. The van der Waals surface area contributed by atoms with Crippen LogP contribution in [0.4, 0.5) is 0 Å². The summed E-state index contributed by atoms with van der Waals surface area (Å²) in [5.41, 5.74) is 1.54. The van der Waals surface area contributed by atoms with Gasteiger partial charge in [0.15, 0.2) is 0 Å². The maximum absolute atomic E-state index is 2.21. The predicted molar refractivity (Wildman–Crippen MR) is 38.9 cm³/mol. The second-order valence-electron chi connectivity index (χ2n) is 1.92. The van der Waals surface area contributed by atoms with Crippen molar-refractivity contribution in [3.63, 3.8) is 0 Å². The molecule has 0 unspecified atom stereocenters. The minimum absolute atomic E-state index is 1.28. The Morgan fingerprint density at radius 3 is 1.62 bits per heavy atom. The Kier molecular flexibility index (Phi) is 4.33. The summed E-state index contributed by atoms with van der Waals surface area (Å²) in [6.07, 6.45) is 7.49. The summed E-state index contributed by atoms with van der Waals surface area (Å²) in [5, 5.41) is 0. The fraction of sp³-hybridized carbons (Fsp3) is 0.500. The van der Waals surface area contributed by atoms with E-state index in [2.05, 4.69) is 13.0 Å². The second kappa shape index (κ2) is 4.63. The van der Waals surface area contributed by atoms with Crippen LogP contribution in [0.15, 0.2) is 23.8 Å². The quantitative estimate of drug-likeness (QED) is 0.420. The molecule has 0 nitrogen and oxygen atoms in total. The summed E-state index contributed by atoms with van der Waals surface area (Å²) in [6.45, 7) is 6.14. The fourth-order valence-electron chi connectivity index (χ4n) is 0.102. The molecule has 0 heterocycles. The third kappa shape index (κ3) is 9.08. The summed E-state index contributed by atoms with van der Waals surface area (Å²) in [5.74, 6) is 0. The molecule has 8 heavy (non-hydrogen) atoms. The standard InChI is InChI=1S/C4H6.C4H8/c1-4-2-3-4;1-3-4-2/h2H,3H2,1H3;3-4H,1-2H3/b;4-3-. The molecule has 46 valence electrons. The minimum Gasteiger partial charge on any atom is -0.0919 e. The van der Waals surface area contributed by atoms with E-state index in [1.54, 1.807) is 5.57 Å². The van der Waals surface area contributed by atoms with Gasteiger partial charge in [-0.15, -0.1) is 0 Å². The van der Waals surface area contributed by atoms with Crippen LogP contribution in [0.5, 0.6) is 0 Å². The lowest BCUT2D eigenvalue weighted by Crippen LogP contribution is -1.26. The topological polar surface area (TPSA) is 0 Å². The van der Waals surface area contributed by atoms with Crippen LogP contribution < -0.4 is 0 Å². The van der Waals surface area contributed by atoms with Gasteiger partial charge in [0.2, 0.25) is 0 Å². The highest BCUT2D eigenvalue weighted by Gasteiger charge is 1.94. The lowest BCUT2D eigenvalue weighted by molar-refractivity contribution is 1.48. The Morgan fingerprint density at radius 2 is 1.62 bits per heavy atom. The Bertz CT molecular complexity index is 92.6. The SMILES string of the molecule is C/C=C\C.CC1=CC1. The molecule has 1 rings (SSSR count). The van der Waals surface area contributed by atoms with Gasteiger partial charge in [-0.1, -0.05) is 23.8 Å². The second-order valence-corrected chi connectivity index (χ2v) is 1.92. The molecule has 0 atom stereocenters. The molecule has 0 saturated carbocycles. The van der Waals surface area contributed by atoms with Crippen molar-refractivity contribution >= 4 is 0 Å². The number of hydrogen-bond acceptors (Lipinski definition) is 0. The summed E-state index contributed by atoms with van der Waals surface area (Å²) in [7, 11) is 0. The van der Waals surface area contributed by atoms with Gasteiger partial charge >= 0.3 is 0 Å². The van der Waals surface area contributed by atoms with Crippen molar-refractivity contribution in [2.45, 2.75) is 27.2 Å². The first-order valence-electron chi connectivity index (χ1n) is 3.04. The normalized spacial score (nSPS) is 14.6. The van der Waals surface area contributed by atoms with Crippen LogP contribution in [0.3, 0.4) is 0 Å². The smallest absolute Gasteiger partial charge is 0.0139 e. The fourth-order valence-corrected chi connectivity index (χ4v) is 0.102. The largest absolute Gasteiger partial charge is 0.0919 e. The molecule has 0 amide bonds. The predicted octanol–water partition coefficient (Wildman–Crippen LogP) is 2.92. The molecule has 0 radical (unpaired) electrons. The van der Waals surface area contributed by atoms with Crippen molar-refractivity contribution in [2.24, 2.45) is 0 Å². The highest BCUT2D eigenvalue weighted by atomic mass is 14.0. The van der Waals surface area contributed by atoms with Gasteiger partial charge in [0.25, 0.3) is 0 Å². The highest BCUT2D eigenvalue weighted by molar-refractivity contribution is 5.17. The van der Waals surface area contributed by atoms with E-state index in [9.17, 15) is 0 Å². The zero-order valence-electron chi connectivity index (χ0n) is 5.94. The van der Waals surface area contributed by atoms with Crippen LogP contribution in [0.1, 0.15) is 27.2 Å². The van der Waals surface area contributed by atoms with Crippen LogP contribution in [0.2, 0.25) is 0 Å². The van der Waals surface area contributed by atoms with Crippen LogP contribution in [0.25, 0.3) is 0 Å². The van der Waals surface area contributed by atoms with Crippen LogP contribution in [0, 0.1) is 0 Å². The van der Waals surface area contributed by atoms with E-state index in [-0.39, 0.29) is 0 Å². The van der Waals surface area contributed by atoms with Crippen LogP contribution in [-0.2, 0) is 0 Å². The van der Waals surface area contributed by atoms with Crippen LogP contribution >= 0.6 is 0 Å². The van der Waals surface area contributed by atoms with E-state index in [4.69, 9.17) is 0 Å². The molecule has 0 N–H and O–H groups in total. The van der Waals surface area contributed by atoms with Gasteiger partial charge in [-0.05, 0) is 27.2 Å². The molecule has 0 spiro atoms. The average molecular weight is 110 g/mol. The molecule has 0 heteroatoms. The van der Waals surface area contributed by atoms with E-state index in [0.29, 0.717) is 0 Å². The maximum Gasteiger partial charge on any atom is -0.0139 e. The van der Waals surface area contributed by atoms with Crippen LogP contribution in [-0.4, -0.2) is 0 Å². The van der Waals surface area contributed by atoms with E-state index in [1.165, 1.54) is 6.42 Å². The van der Waals surface area contributed by atoms with E-state index in [1.807, 2.05) is 26.0 Å². The molecule has 0 bridgehead atoms. The Hall–Kier alpha value is -0.520. The lowest BCUT2D eigenvalue weighted by atomic mass is 10.6. The maximum atomic E-state index is 2.21. The first kappa shape index (κ1) is 7.48. The van der Waals surface area contributed by atoms with Gasteiger partial charge < -0.3 is 0 Å². The molecule has 0 aromatic heterocycles. The van der Waals surface area contributed by atoms with Crippen molar-refractivity contribution in [3.05, 3.63) is 23.8 Å². The van der Waals surface area contributed by atoms with Gasteiger partial charge in [0, 0.05) is 0 Å². The van der Waals surface area contributed by atoms with Gasteiger partial charge in [-0.25, -0.2) is 0 Å². The van der Waals surface area contributed by atoms with Crippen molar-refractivity contribution in [2.75, 3.05) is 0 Å². The number of allylic oxidation sites excluding steroid dienone is 4. The molecule has 0 aromatic carbocycles. The van der Waals surface area contributed by atoms with E-state index >= 15 is 0 Å². The van der Waals surface area contributed by atoms with Gasteiger partial charge in [0.1, 0.15) is 0 Å². The molecule has 0 fully saturated rings. The van der Waals surface area contributed by atoms with Gasteiger partial charge in [0.05, 0.1) is 0 Å². The highest BCUT2D eigenvalue weighted by Crippen LogP contribution is 2.14. The number of hydrogen-bond donors (Lipinski definition) is 0. The first-order valence-corrected chi connectivity index (χ1v) is 3.04. The molecule has 1 aliphatic rings. The molecular weight excluding hydrogens is 96.1 g/mol. The lowest BCUT2D eigenvalue weighted by Gasteiger charge is -1.49. The third-order valence-electron chi connectivity index (χ3n) is 0.946. The molecular formula is C8H14. The van der Waals surface area contributed by atoms with Crippen molar-refractivity contribution < 1.29 is 0 Å². The van der Waals surface area contributed by atoms with E-state index in [0.717, 1.165) is 0 Å². The molecule has 1 aliphatic carbocycles. The number of rotatable bonds is 0. The van der Waals surface area contributed by atoms with E-state index < -0.39 is 0 Å². The Labute approximate surface area is 51.9 Å². The monoisotopic (exact) mass is 110 g/mol. The summed E-state index contributed by atoms with van der Waals surface area (Å²) in [6, 6.07) is 0. The Morgan fingerprint density at radius 1 is 1.38 bits per heavy atom. The molecule has 0 aliphatic heterocycles. The van der Waals surface area contributed by atoms with Gasteiger partial charge in [-0.2, -0.15) is 0 Å². The van der Waals surface area contributed by atoms with Crippen molar-refractivity contribution in [1.82, 2.24) is 0 Å². The van der Waals surface area contributed by atoms with Gasteiger partial charge in [-0.3, -0.25) is 0 Å². The third-order valence-corrected chi connectivity index (χ3v) is 0.946. The van der Waals surface area contributed by atoms with Crippen molar-refractivity contribution in [3.8, 4) is 0 Å². The first-order chi connectivity index (χ1) is 3.81. The minimum atomic E-state index is 1.28. The molecule has 0 saturated heterocycles. The summed E-state index contributed by atoms with van der Waals surface area (Å²) < 4.78 is 0. The average Bonchev–Trinajstić information content (AvgIpc) is 2.52. The Balaban J connectivity index is 0.000000122. The zero-order valence-corrected chi connectivity index (χ0v) is 5.94. The molecule has 0 aromatic rings.